The number of benzene rings is 1. The molecule has 1 aromatic rings. The lowest BCUT2D eigenvalue weighted by Gasteiger charge is -2.43. The molecule has 1 atom stereocenters. The third-order valence-electron chi connectivity index (χ3n) is 5.68. The lowest BCUT2D eigenvalue weighted by atomic mass is 9.87. The average molecular weight is 610 g/mol. The summed E-state index contributed by atoms with van der Waals surface area (Å²) in [6.45, 7) is 1.82. The largest absolute Gasteiger partial charge is 0.460 e. The molecule has 0 aliphatic carbocycles. The van der Waals surface area contributed by atoms with Crippen molar-refractivity contribution < 1.29 is 79.4 Å². The van der Waals surface area contributed by atoms with E-state index in [0.29, 0.717) is 25.5 Å². The van der Waals surface area contributed by atoms with Crippen LogP contribution in [0.15, 0.2) is 24.3 Å². The lowest BCUT2D eigenvalue weighted by molar-refractivity contribution is -0.462. The first-order chi connectivity index (χ1) is 17.2. The number of aryl methyl sites for hydroxylation is 1. The summed E-state index contributed by atoms with van der Waals surface area (Å²) in [6.07, 6.45) is -10.9. The van der Waals surface area contributed by atoms with Crippen molar-refractivity contribution in [3.05, 3.63) is 35.4 Å². The maximum Gasteiger partial charge on any atom is 0.460 e. The van der Waals surface area contributed by atoms with E-state index in [2.05, 4.69) is 4.74 Å². The lowest BCUT2D eigenvalue weighted by Crippen LogP contribution is -2.74. The molecule has 0 saturated carbocycles. The molecule has 1 nitrogen and oxygen atoms in total. The highest BCUT2D eigenvalue weighted by Crippen LogP contribution is 2.64. The highest BCUT2D eigenvalue weighted by Gasteiger charge is 2.95. The summed E-state index contributed by atoms with van der Waals surface area (Å²) in [4.78, 5) is 0. The minimum atomic E-state index is -8.64. The molecule has 0 bridgehead atoms. The van der Waals surface area contributed by atoms with Gasteiger partial charge in [0.2, 0.25) is 0 Å². The van der Waals surface area contributed by atoms with Crippen LogP contribution in [0.25, 0.3) is 0 Å². The summed E-state index contributed by atoms with van der Waals surface area (Å²) < 4.78 is 233. The Balaban J connectivity index is 3.48. The topological polar surface area (TPSA) is 9.23 Å². The predicted molar refractivity (Wildman–Crippen MR) is 100 cm³/mol. The molecule has 0 radical (unpaired) electrons. The fourth-order valence-corrected chi connectivity index (χ4v) is 3.17. The van der Waals surface area contributed by atoms with E-state index in [0.717, 1.165) is 18.6 Å². The van der Waals surface area contributed by atoms with Crippen molar-refractivity contribution in [1.29, 1.82) is 0 Å². The highest BCUT2D eigenvalue weighted by molar-refractivity contribution is 5.25. The first-order valence-corrected chi connectivity index (χ1v) is 10.5. The molecule has 0 fully saturated rings. The van der Waals surface area contributed by atoms with Crippen LogP contribution < -0.4 is 0 Å². The van der Waals surface area contributed by atoms with Gasteiger partial charge in [-0.3, -0.25) is 0 Å². The van der Waals surface area contributed by atoms with Crippen molar-refractivity contribution in [2.45, 2.75) is 86.3 Å². The van der Waals surface area contributed by atoms with Crippen LogP contribution in [0.1, 0.15) is 43.4 Å². The van der Waals surface area contributed by atoms with Crippen LogP contribution in [0, 0.1) is 0 Å². The molecule has 0 aliphatic rings. The minimum Gasteiger partial charge on any atom is -0.377 e. The van der Waals surface area contributed by atoms with Gasteiger partial charge in [-0.25, -0.2) is 0 Å². The third-order valence-corrected chi connectivity index (χ3v) is 5.68. The third kappa shape index (κ3) is 5.62. The van der Waals surface area contributed by atoms with Gasteiger partial charge in [-0.2, -0.15) is 74.6 Å². The van der Waals surface area contributed by atoms with Gasteiger partial charge in [0.1, 0.15) is 0 Å². The summed E-state index contributed by atoms with van der Waals surface area (Å²) in [6, 6.07) is 4.49. The molecule has 1 rings (SSSR count). The second-order valence-corrected chi connectivity index (χ2v) is 8.42. The van der Waals surface area contributed by atoms with Gasteiger partial charge in [-0.05, 0) is 24.0 Å². The van der Waals surface area contributed by atoms with Crippen molar-refractivity contribution >= 4 is 0 Å². The molecular formula is C21H19F17O. The molecule has 0 spiro atoms. The molecule has 0 N–H and O–H groups in total. The molecule has 0 aliphatic heterocycles. The minimum absolute atomic E-state index is 0.440. The Hall–Kier alpha value is -2.01. The van der Waals surface area contributed by atoms with Crippen molar-refractivity contribution in [3.8, 4) is 0 Å². The Kier molecular flexibility index (Phi) is 9.66. The van der Waals surface area contributed by atoms with Crippen LogP contribution in [0.4, 0.5) is 74.6 Å². The number of alkyl halides is 17. The van der Waals surface area contributed by atoms with E-state index >= 15 is 0 Å². The molecule has 18 heteroatoms. The number of methoxy groups -OCH3 is 1. The van der Waals surface area contributed by atoms with Crippen LogP contribution in [0.3, 0.4) is 0 Å². The molecule has 1 aromatic carbocycles. The van der Waals surface area contributed by atoms with E-state index < -0.39 is 65.7 Å². The predicted octanol–water partition coefficient (Wildman–Crippen LogP) is 9.12. The molecule has 0 amide bonds. The monoisotopic (exact) mass is 610 g/mol. The SMILES string of the molecule is CCCCc1ccc(C(CC(F)(F)C(F)(F)C(F)(F)C(F)(F)C(F)(F)C(F)(F)C(F)(F)C(F)(F)F)OC)cc1. The van der Waals surface area contributed by atoms with Crippen molar-refractivity contribution in [2.24, 2.45) is 0 Å². The molecule has 0 saturated heterocycles. The van der Waals surface area contributed by atoms with E-state index in [1.165, 1.54) is 12.1 Å². The molecule has 0 heterocycles. The van der Waals surface area contributed by atoms with Gasteiger partial charge in [0.05, 0.1) is 6.10 Å². The molecule has 1 unspecified atom stereocenters. The van der Waals surface area contributed by atoms with Crippen LogP contribution >= 0.6 is 0 Å². The maximum atomic E-state index is 14.3. The van der Waals surface area contributed by atoms with Gasteiger partial charge < -0.3 is 4.74 Å². The fraction of sp³-hybridized carbons (Fsp3) is 0.714. The summed E-state index contributed by atoms with van der Waals surface area (Å²) in [5.41, 5.74) is 0.141. The van der Waals surface area contributed by atoms with Gasteiger partial charge in [0.15, 0.2) is 0 Å². The number of ether oxygens (including phenoxy) is 1. The van der Waals surface area contributed by atoms with E-state index in [4.69, 9.17) is 0 Å². The van der Waals surface area contributed by atoms with Crippen LogP contribution in [0.2, 0.25) is 0 Å². The van der Waals surface area contributed by atoms with E-state index in [-0.39, 0.29) is 0 Å². The van der Waals surface area contributed by atoms with Gasteiger partial charge in [0.25, 0.3) is 0 Å². The first-order valence-electron chi connectivity index (χ1n) is 10.5. The van der Waals surface area contributed by atoms with Gasteiger partial charge in [0, 0.05) is 13.5 Å². The summed E-state index contributed by atoms with van der Waals surface area (Å²) in [7, 11) is 0.560. The average Bonchev–Trinajstić information content (AvgIpc) is 2.80. The second kappa shape index (κ2) is 10.8. The summed E-state index contributed by atoms with van der Waals surface area (Å²) >= 11 is 0. The smallest absolute Gasteiger partial charge is 0.377 e. The zero-order valence-electron chi connectivity index (χ0n) is 19.5. The Bertz CT molecular complexity index is 950. The Morgan fingerprint density at radius 2 is 0.974 bits per heavy atom. The number of hydrogen-bond acceptors (Lipinski definition) is 1. The van der Waals surface area contributed by atoms with E-state index in [1.807, 2.05) is 6.92 Å². The fourth-order valence-electron chi connectivity index (χ4n) is 3.17. The molecule has 228 valence electrons. The molecule has 0 aromatic heterocycles. The zero-order valence-corrected chi connectivity index (χ0v) is 19.5. The van der Waals surface area contributed by atoms with Gasteiger partial charge in [-0.15, -0.1) is 0 Å². The Morgan fingerprint density at radius 3 is 1.33 bits per heavy atom. The van der Waals surface area contributed by atoms with Gasteiger partial charge in [-0.1, -0.05) is 37.6 Å². The molecular weight excluding hydrogens is 591 g/mol. The number of rotatable bonds is 13. The van der Waals surface area contributed by atoms with Crippen LogP contribution in [0.5, 0.6) is 0 Å². The maximum absolute atomic E-state index is 14.3. The number of hydrogen-bond donors (Lipinski definition) is 0. The number of halogens is 17. The Labute approximate surface area is 209 Å². The number of unbranched alkanes of at least 4 members (excludes halogenated alkanes) is 1. The van der Waals surface area contributed by atoms with Gasteiger partial charge >= 0.3 is 47.6 Å². The first kappa shape index (κ1) is 35.0. The van der Waals surface area contributed by atoms with Crippen molar-refractivity contribution in [3.63, 3.8) is 0 Å². The Morgan fingerprint density at radius 1 is 0.590 bits per heavy atom. The van der Waals surface area contributed by atoms with E-state index in [9.17, 15) is 74.6 Å². The zero-order chi connectivity index (χ0) is 31.1. The molecule has 39 heavy (non-hydrogen) atoms. The van der Waals surface area contributed by atoms with Crippen LogP contribution in [-0.2, 0) is 11.2 Å². The summed E-state index contributed by atoms with van der Waals surface area (Å²) in [5, 5.41) is 0. The standard InChI is InChI=1S/C21H19F17O/c1-3-4-5-11-6-8-12(9-7-11)13(39-2)10-14(22,23)15(24,25)16(26,27)17(28,29)18(30,31)19(32,33)20(34,35)21(36,37)38/h6-9,13H,3-5,10H2,1-2H3. The second-order valence-electron chi connectivity index (χ2n) is 8.42. The summed E-state index contributed by atoms with van der Waals surface area (Å²) in [5.74, 6) is -56.5. The quantitative estimate of drug-likeness (QED) is 0.203. The van der Waals surface area contributed by atoms with Crippen molar-refractivity contribution in [2.75, 3.05) is 7.11 Å². The van der Waals surface area contributed by atoms with E-state index in [1.54, 1.807) is 0 Å². The highest BCUT2D eigenvalue weighted by atomic mass is 19.4. The van der Waals surface area contributed by atoms with Crippen LogP contribution in [-0.4, -0.2) is 54.7 Å². The normalized spacial score (nSPS) is 16.0. The van der Waals surface area contributed by atoms with Crippen molar-refractivity contribution in [1.82, 2.24) is 0 Å².